The van der Waals surface area contributed by atoms with Crippen LogP contribution in [0.25, 0.3) is 0 Å². The third kappa shape index (κ3) is 3.84. The molecule has 0 aromatic heterocycles. The Morgan fingerprint density at radius 2 is 2.18 bits per heavy atom. The van der Waals surface area contributed by atoms with E-state index in [1.54, 1.807) is 24.3 Å². The zero-order valence-corrected chi connectivity index (χ0v) is 13.1. The number of sulfonamides is 1. The smallest absolute Gasteiger partial charge is 0.307 e. The van der Waals surface area contributed by atoms with E-state index in [9.17, 15) is 13.2 Å². The average molecular weight is 322 g/mol. The van der Waals surface area contributed by atoms with Gasteiger partial charge in [-0.1, -0.05) is 19.1 Å². The van der Waals surface area contributed by atoms with Crippen LogP contribution in [0.1, 0.15) is 24.5 Å². The summed E-state index contributed by atoms with van der Waals surface area (Å²) in [5.41, 5.74) is 0.937. The number of piperidine rings is 1. The Labute approximate surface area is 130 Å². The van der Waals surface area contributed by atoms with Crippen LogP contribution in [0.5, 0.6) is 0 Å². The zero-order valence-electron chi connectivity index (χ0n) is 12.3. The average Bonchev–Trinajstić information content (AvgIpc) is 2.46. The van der Waals surface area contributed by atoms with Gasteiger partial charge in [0.05, 0.1) is 23.3 Å². The van der Waals surface area contributed by atoms with Gasteiger partial charge in [0, 0.05) is 13.1 Å². The van der Waals surface area contributed by atoms with Crippen LogP contribution in [-0.4, -0.2) is 36.9 Å². The molecular weight excluding hydrogens is 304 g/mol. The minimum atomic E-state index is -3.60. The lowest BCUT2D eigenvalue weighted by atomic mass is 9.92. The van der Waals surface area contributed by atoms with E-state index in [1.165, 1.54) is 4.31 Å². The maximum absolute atomic E-state index is 12.5. The van der Waals surface area contributed by atoms with Crippen LogP contribution >= 0.6 is 0 Å². The molecule has 0 amide bonds. The third-order valence-electron chi connectivity index (χ3n) is 3.77. The number of aliphatic carboxylic acids is 1. The van der Waals surface area contributed by atoms with Crippen molar-refractivity contribution >= 4 is 16.0 Å². The molecule has 0 radical (unpaired) electrons. The first-order chi connectivity index (χ1) is 10.3. The van der Waals surface area contributed by atoms with Gasteiger partial charge in [0.2, 0.25) is 10.0 Å². The SMILES string of the molecule is CC1CC(C(=O)O)CN(S(=O)(=O)Cc2cccc(C#N)c2)C1. The summed E-state index contributed by atoms with van der Waals surface area (Å²) in [6, 6.07) is 8.42. The Balaban J connectivity index is 2.18. The fourth-order valence-electron chi connectivity index (χ4n) is 2.74. The summed E-state index contributed by atoms with van der Waals surface area (Å²) in [7, 11) is -3.60. The van der Waals surface area contributed by atoms with Gasteiger partial charge >= 0.3 is 5.97 Å². The highest BCUT2D eigenvalue weighted by molar-refractivity contribution is 7.88. The molecular formula is C15H18N2O4S. The van der Waals surface area contributed by atoms with E-state index < -0.39 is 21.9 Å². The third-order valence-corrected chi connectivity index (χ3v) is 5.56. The number of rotatable bonds is 4. The molecule has 118 valence electrons. The standard InChI is InChI=1S/C15H18N2O4S/c1-11-5-14(15(18)19)9-17(8-11)22(20,21)10-13-4-2-3-12(6-13)7-16/h2-4,6,11,14H,5,8-10H2,1H3,(H,18,19). The quantitative estimate of drug-likeness (QED) is 0.904. The minimum absolute atomic E-state index is 0.00932. The molecule has 0 spiro atoms. The Morgan fingerprint density at radius 1 is 1.45 bits per heavy atom. The van der Waals surface area contributed by atoms with E-state index >= 15 is 0 Å². The van der Waals surface area contributed by atoms with E-state index in [4.69, 9.17) is 10.4 Å². The topological polar surface area (TPSA) is 98.5 Å². The molecule has 0 aliphatic carbocycles. The molecule has 0 saturated carbocycles. The molecule has 1 N–H and O–H groups in total. The Bertz CT molecular complexity index is 708. The van der Waals surface area contributed by atoms with Gasteiger partial charge in [0.15, 0.2) is 0 Å². The van der Waals surface area contributed by atoms with E-state index in [1.807, 2.05) is 13.0 Å². The molecule has 22 heavy (non-hydrogen) atoms. The lowest BCUT2D eigenvalue weighted by Crippen LogP contribution is -2.45. The number of nitrogens with zero attached hydrogens (tertiary/aromatic N) is 2. The van der Waals surface area contributed by atoms with Crippen LogP contribution in [0.15, 0.2) is 24.3 Å². The predicted octanol–water partition coefficient (Wildman–Crippen LogP) is 1.43. The number of carbonyl (C=O) groups is 1. The van der Waals surface area contributed by atoms with Gasteiger partial charge in [-0.3, -0.25) is 4.79 Å². The van der Waals surface area contributed by atoms with Gasteiger partial charge in [-0.15, -0.1) is 0 Å². The van der Waals surface area contributed by atoms with Crippen LogP contribution in [0, 0.1) is 23.2 Å². The normalized spacial score (nSPS) is 22.9. The predicted molar refractivity (Wildman–Crippen MR) is 80.3 cm³/mol. The van der Waals surface area contributed by atoms with Crippen molar-refractivity contribution in [2.45, 2.75) is 19.1 Å². The fourth-order valence-corrected chi connectivity index (χ4v) is 4.41. The van der Waals surface area contributed by atoms with Gasteiger partial charge in [-0.05, 0) is 30.0 Å². The summed E-state index contributed by atoms with van der Waals surface area (Å²) in [6.07, 6.45) is 0.491. The minimum Gasteiger partial charge on any atom is -0.481 e. The maximum Gasteiger partial charge on any atom is 0.307 e. The number of hydrogen-bond acceptors (Lipinski definition) is 4. The van der Waals surface area contributed by atoms with Gasteiger partial charge in [0.1, 0.15) is 0 Å². The summed E-state index contributed by atoms with van der Waals surface area (Å²) in [4.78, 5) is 11.2. The van der Waals surface area contributed by atoms with Crippen molar-refractivity contribution in [2.75, 3.05) is 13.1 Å². The van der Waals surface area contributed by atoms with Crippen LogP contribution in [-0.2, 0) is 20.6 Å². The molecule has 1 fully saturated rings. The lowest BCUT2D eigenvalue weighted by molar-refractivity contribution is -0.143. The number of carboxylic acids is 1. The molecule has 2 rings (SSSR count). The van der Waals surface area contributed by atoms with Crippen molar-refractivity contribution in [2.24, 2.45) is 11.8 Å². The first-order valence-corrected chi connectivity index (χ1v) is 8.62. The Hall–Kier alpha value is -1.91. The molecule has 1 aliphatic heterocycles. The van der Waals surface area contributed by atoms with E-state index in [0.29, 0.717) is 24.1 Å². The molecule has 1 heterocycles. The summed E-state index contributed by atoms with van der Waals surface area (Å²) in [5.74, 6) is -1.83. The lowest BCUT2D eigenvalue weighted by Gasteiger charge is -2.33. The van der Waals surface area contributed by atoms with Crippen molar-refractivity contribution in [3.05, 3.63) is 35.4 Å². The number of carboxylic acid groups (broad SMARTS) is 1. The van der Waals surface area contributed by atoms with Crippen molar-refractivity contribution in [1.82, 2.24) is 4.31 Å². The second kappa shape index (κ2) is 6.46. The van der Waals surface area contributed by atoms with Crippen molar-refractivity contribution in [1.29, 1.82) is 5.26 Å². The van der Waals surface area contributed by atoms with Crippen LogP contribution in [0.2, 0.25) is 0 Å². The fraction of sp³-hybridized carbons (Fsp3) is 0.467. The highest BCUT2D eigenvalue weighted by Gasteiger charge is 2.35. The van der Waals surface area contributed by atoms with Crippen LogP contribution in [0.4, 0.5) is 0 Å². The summed E-state index contributed by atoms with van der Waals surface area (Å²) in [5, 5.41) is 18.0. The summed E-state index contributed by atoms with van der Waals surface area (Å²) in [6.45, 7) is 2.21. The molecule has 7 heteroatoms. The van der Waals surface area contributed by atoms with E-state index in [-0.39, 0.29) is 18.2 Å². The second-order valence-corrected chi connectivity index (χ2v) is 7.73. The molecule has 0 bridgehead atoms. The van der Waals surface area contributed by atoms with E-state index in [0.717, 1.165) is 0 Å². The largest absolute Gasteiger partial charge is 0.481 e. The molecule has 1 aliphatic rings. The van der Waals surface area contributed by atoms with Gasteiger partial charge in [0.25, 0.3) is 0 Å². The van der Waals surface area contributed by atoms with Crippen molar-refractivity contribution < 1.29 is 18.3 Å². The van der Waals surface area contributed by atoms with Gasteiger partial charge in [-0.25, -0.2) is 12.7 Å². The molecule has 2 atom stereocenters. The first kappa shape index (κ1) is 16.5. The highest BCUT2D eigenvalue weighted by atomic mass is 32.2. The van der Waals surface area contributed by atoms with Crippen LogP contribution in [0.3, 0.4) is 0 Å². The van der Waals surface area contributed by atoms with Gasteiger partial charge in [-0.2, -0.15) is 5.26 Å². The van der Waals surface area contributed by atoms with Crippen molar-refractivity contribution in [3.8, 4) is 6.07 Å². The number of nitriles is 1. The van der Waals surface area contributed by atoms with E-state index in [2.05, 4.69) is 0 Å². The molecule has 6 nitrogen and oxygen atoms in total. The van der Waals surface area contributed by atoms with Gasteiger partial charge < -0.3 is 5.11 Å². The first-order valence-electron chi connectivity index (χ1n) is 7.01. The Morgan fingerprint density at radius 3 is 2.82 bits per heavy atom. The maximum atomic E-state index is 12.5. The highest BCUT2D eigenvalue weighted by Crippen LogP contribution is 2.25. The Kier molecular flexibility index (Phi) is 4.84. The molecule has 2 unspecified atom stereocenters. The molecule has 1 saturated heterocycles. The summed E-state index contributed by atoms with van der Waals surface area (Å²) < 4.78 is 26.3. The monoisotopic (exact) mass is 322 g/mol. The zero-order chi connectivity index (χ0) is 16.3. The molecule has 1 aromatic rings. The molecule has 1 aromatic carbocycles. The number of hydrogen-bond donors (Lipinski definition) is 1. The second-order valence-electron chi connectivity index (χ2n) is 5.76. The summed E-state index contributed by atoms with van der Waals surface area (Å²) >= 11 is 0. The van der Waals surface area contributed by atoms with Crippen LogP contribution < -0.4 is 0 Å². The van der Waals surface area contributed by atoms with Crippen molar-refractivity contribution in [3.63, 3.8) is 0 Å². The number of benzene rings is 1.